The van der Waals surface area contributed by atoms with E-state index in [0.29, 0.717) is 11.3 Å². The van der Waals surface area contributed by atoms with Crippen LogP contribution in [0, 0.1) is 0 Å². The van der Waals surface area contributed by atoms with E-state index in [-0.39, 0.29) is 11.7 Å². The van der Waals surface area contributed by atoms with Crippen LogP contribution in [0.25, 0.3) is 11.1 Å². The minimum absolute atomic E-state index is 0.104. The first-order chi connectivity index (χ1) is 13.2. The van der Waals surface area contributed by atoms with Gasteiger partial charge in [-0.2, -0.15) is 5.10 Å². The predicted octanol–water partition coefficient (Wildman–Crippen LogP) is 3.66. The Hall–Kier alpha value is -3.60. The standard InChI is InChI=1S/C22H18N2O3/c1-27-20-12-15(25)11-10-14(20)13-23-24-22(26)21-18-8-4-2-6-16(18)17-7-3-5-9-19(17)21/h2-13,21,25H,1H3,(H,24,26). The van der Waals surface area contributed by atoms with Gasteiger partial charge in [-0.3, -0.25) is 4.79 Å². The molecule has 0 bridgehead atoms. The van der Waals surface area contributed by atoms with Gasteiger partial charge >= 0.3 is 0 Å². The monoisotopic (exact) mass is 358 g/mol. The fourth-order valence-corrected chi connectivity index (χ4v) is 3.47. The number of carbonyl (C=O) groups excluding carboxylic acids is 1. The molecule has 0 heterocycles. The molecule has 0 spiro atoms. The molecule has 0 unspecified atom stereocenters. The maximum atomic E-state index is 12.9. The molecule has 0 saturated heterocycles. The average Bonchev–Trinajstić information content (AvgIpc) is 3.03. The molecule has 0 radical (unpaired) electrons. The Morgan fingerprint density at radius 3 is 2.30 bits per heavy atom. The molecule has 0 saturated carbocycles. The van der Waals surface area contributed by atoms with Crippen molar-refractivity contribution in [2.45, 2.75) is 5.92 Å². The van der Waals surface area contributed by atoms with Crippen LogP contribution >= 0.6 is 0 Å². The minimum Gasteiger partial charge on any atom is -0.508 e. The van der Waals surface area contributed by atoms with Gasteiger partial charge in [0.05, 0.1) is 19.2 Å². The highest BCUT2D eigenvalue weighted by Gasteiger charge is 2.33. The number of benzene rings is 3. The van der Waals surface area contributed by atoms with Gasteiger partial charge in [0.25, 0.3) is 5.91 Å². The Morgan fingerprint density at radius 2 is 1.67 bits per heavy atom. The van der Waals surface area contributed by atoms with Crippen molar-refractivity contribution < 1.29 is 14.6 Å². The van der Waals surface area contributed by atoms with Gasteiger partial charge in [-0.15, -0.1) is 0 Å². The van der Waals surface area contributed by atoms with E-state index >= 15 is 0 Å². The van der Waals surface area contributed by atoms with Gasteiger partial charge in [0.15, 0.2) is 0 Å². The van der Waals surface area contributed by atoms with Crippen LogP contribution in [-0.2, 0) is 4.79 Å². The number of nitrogens with one attached hydrogen (secondary N) is 1. The molecule has 3 aromatic carbocycles. The number of hydrogen-bond acceptors (Lipinski definition) is 4. The van der Waals surface area contributed by atoms with E-state index in [0.717, 1.165) is 22.3 Å². The van der Waals surface area contributed by atoms with Crippen LogP contribution < -0.4 is 10.2 Å². The van der Waals surface area contributed by atoms with Gasteiger partial charge in [0.2, 0.25) is 0 Å². The van der Waals surface area contributed by atoms with Crippen LogP contribution in [0.4, 0.5) is 0 Å². The lowest BCUT2D eigenvalue weighted by atomic mass is 9.96. The van der Waals surface area contributed by atoms with Gasteiger partial charge in [-0.25, -0.2) is 5.43 Å². The van der Waals surface area contributed by atoms with Gasteiger partial charge in [-0.1, -0.05) is 48.5 Å². The summed E-state index contributed by atoms with van der Waals surface area (Å²) >= 11 is 0. The van der Waals surface area contributed by atoms with Crippen molar-refractivity contribution in [1.29, 1.82) is 0 Å². The second kappa shape index (κ2) is 6.96. The Morgan fingerprint density at radius 1 is 1.04 bits per heavy atom. The van der Waals surface area contributed by atoms with Crippen molar-refractivity contribution in [3.05, 3.63) is 83.4 Å². The molecule has 1 aliphatic rings. The predicted molar refractivity (Wildman–Crippen MR) is 104 cm³/mol. The van der Waals surface area contributed by atoms with E-state index in [4.69, 9.17) is 4.74 Å². The Kier molecular flexibility index (Phi) is 4.34. The summed E-state index contributed by atoms with van der Waals surface area (Å²) in [5.41, 5.74) is 7.41. The third kappa shape index (κ3) is 3.04. The number of ether oxygens (including phenoxy) is 1. The van der Waals surface area contributed by atoms with Crippen molar-refractivity contribution in [2.75, 3.05) is 7.11 Å². The summed E-state index contributed by atoms with van der Waals surface area (Å²) in [6, 6.07) is 20.6. The van der Waals surface area contributed by atoms with Crippen LogP contribution in [0.3, 0.4) is 0 Å². The zero-order valence-corrected chi connectivity index (χ0v) is 14.7. The molecule has 3 aromatic rings. The summed E-state index contributed by atoms with van der Waals surface area (Å²) in [6.07, 6.45) is 1.50. The normalized spacial score (nSPS) is 12.6. The maximum absolute atomic E-state index is 12.9. The summed E-state index contributed by atoms with van der Waals surface area (Å²) in [5, 5.41) is 13.6. The molecule has 1 amide bonds. The molecule has 2 N–H and O–H groups in total. The van der Waals surface area contributed by atoms with E-state index in [1.807, 2.05) is 48.5 Å². The third-order valence-corrected chi connectivity index (χ3v) is 4.69. The van der Waals surface area contributed by atoms with Crippen LogP contribution in [0.15, 0.2) is 71.8 Å². The summed E-state index contributed by atoms with van der Waals surface area (Å²) in [7, 11) is 1.51. The first kappa shape index (κ1) is 16.8. The number of nitrogens with zero attached hydrogens (tertiary/aromatic N) is 1. The second-order valence-electron chi connectivity index (χ2n) is 6.27. The number of fused-ring (bicyclic) bond motifs is 3. The van der Waals surface area contributed by atoms with Gasteiger partial charge in [-0.05, 0) is 34.4 Å². The maximum Gasteiger partial charge on any atom is 0.252 e. The van der Waals surface area contributed by atoms with Crippen LogP contribution in [0.5, 0.6) is 11.5 Å². The fourth-order valence-electron chi connectivity index (χ4n) is 3.47. The molecular formula is C22H18N2O3. The lowest BCUT2D eigenvalue weighted by Crippen LogP contribution is -2.25. The number of rotatable bonds is 4. The highest BCUT2D eigenvalue weighted by atomic mass is 16.5. The van der Waals surface area contributed by atoms with Crippen molar-refractivity contribution in [1.82, 2.24) is 5.43 Å². The lowest BCUT2D eigenvalue weighted by Gasteiger charge is -2.11. The lowest BCUT2D eigenvalue weighted by molar-refractivity contribution is -0.121. The van der Waals surface area contributed by atoms with E-state index in [1.54, 1.807) is 6.07 Å². The van der Waals surface area contributed by atoms with E-state index in [1.165, 1.54) is 25.5 Å². The molecule has 0 aliphatic heterocycles. The number of methoxy groups -OCH3 is 1. The van der Waals surface area contributed by atoms with E-state index in [9.17, 15) is 9.90 Å². The van der Waals surface area contributed by atoms with Crippen molar-refractivity contribution >= 4 is 12.1 Å². The summed E-state index contributed by atoms with van der Waals surface area (Å²) in [4.78, 5) is 12.9. The largest absolute Gasteiger partial charge is 0.508 e. The quantitative estimate of drug-likeness (QED) is 0.552. The smallest absolute Gasteiger partial charge is 0.252 e. The van der Waals surface area contributed by atoms with Gasteiger partial charge in [0, 0.05) is 11.6 Å². The van der Waals surface area contributed by atoms with Gasteiger partial charge in [0.1, 0.15) is 11.5 Å². The van der Waals surface area contributed by atoms with Crippen molar-refractivity contribution in [2.24, 2.45) is 5.10 Å². The van der Waals surface area contributed by atoms with Crippen molar-refractivity contribution in [3.63, 3.8) is 0 Å². The number of amides is 1. The topological polar surface area (TPSA) is 70.9 Å². The molecule has 27 heavy (non-hydrogen) atoms. The highest BCUT2D eigenvalue weighted by molar-refractivity contribution is 5.96. The number of phenolic OH excluding ortho intramolecular Hbond substituents is 1. The molecule has 0 atom stereocenters. The Bertz CT molecular complexity index is 998. The molecule has 0 aromatic heterocycles. The zero-order valence-electron chi connectivity index (χ0n) is 14.7. The van der Waals surface area contributed by atoms with E-state index in [2.05, 4.69) is 10.5 Å². The zero-order chi connectivity index (χ0) is 18.8. The second-order valence-corrected chi connectivity index (χ2v) is 6.27. The minimum atomic E-state index is -0.392. The molecule has 5 heteroatoms. The van der Waals surface area contributed by atoms with Crippen LogP contribution in [0.1, 0.15) is 22.6 Å². The molecule has 0 fully saturated rings. The Labute approximate surface area is 156 Å². The van der Waals surface area contributed by atoms with Crippen LogP contribution in [0.2, 0.25) is 0 Å². The summed E-state index contributed by atoms with van der Waals surface area (Å²) in [6.45, 7) is 0. The number of carbonyl (C=O) groups is 1. The molecule has 4 rings (SSSR count). The Balaban J connectivity index is 1.59. The molecular weight excluding hydrogens is 340 g/mol. The molecule has 5 nitrogen and oxygen atoms in total. The average molecular weight is 358 g/mol. The first-order valence-corrected chi connectivity index (χ1v) is 8.57. The molecule has 134 valence electrons. The summed E-state index contributed by atoms with van der Waals surface area (Å²) < 4.78 is 5.21. The number of phenols is 1. The van der Waals surface area contributed by atoms with Gasteiger partial charge < -0.3 is 9.84 Å². The first-order valence-electron chi connectivity index (χ1n) is 8.57. The van der Waals surface area contributed by atoms with Crippen molar-refractivity contribution in [3.8, 4) is 22.6 Å². The number of hydrogen-bond donors (Lipinski definition) is 2. The van der Waals surface area contributed by atoms with E-state index < -0.39 is 5.92 Å². The molecule has 1 aliphatic carbocycles. The highest BCUT2D eigenvalue weighted by Crippen LogP contribution is 2.44. The fraction of sp³-hybridized carbons (Fsp3) is 0.0909. The van der Waals surface area contributed by atoms with Crippen LogP contribution in [-0.4, -0.2) is 24.3 Å². The summed E-state index contributed by atoms with van der Waals surface area (Å²) in [5.74, 6) is -0.00517. The SMILES string of the molecule is COc1cc(O)ccc1C=NNC(=O)C1c2ccccc2-c2ccccc21. The third-order valence-electron chi connectivity index (χ3n) is 4.69. The number of aromatic hydroxyl groups is 1. The number of hydrazone groups is 1.